The van der Waals surface area contributed by atoms with Crippen LogP contribution in [0.25, 0.3) is 0 Å². The maximum absolute atomic E-state index is 12.5. The normalized spacial score (nSPS) is 10.7. The van der Waals surface area contributed by atoms with Crippen molar-refractivity contribution in [1.29, 1.82) is 0 Å². The van der Waals surface area contributed by atoms with Crippen molar-refractivity contribution in [1.82, 2.24) is 9.78 Å². The highest BCUT2D eigenvalue weighted by molar-refractivity contribution is 6.35. The van der Waals surface area contributed by atoms with Gasteiger partial charge >= 0.3 is 0 Å². The van der Waals surface area contributed by atoms with E-state index in [1.54, 1.807) is 48.3 Å². The Hall–Kier alpha value is -2.34. The van der Waals surface area contributed by atoms with Gasteiger partial charge in [0.15, 0.2) is 0 Å². The first-order valence-corrected chi connectivity index (χ1v) is 8.67. The van der Waals surface area contributed by atoms with Gasteiger partial charge in [0.2, 0.25) is 0 Å². The quantitative estimate of drug-likeness (QED) is 0.667. The smallest absolute Gasteiger partial charge is 0.256 e. The molecule has 0 saturated carbocycles. The minimum absolute atomic E-state index is 0.210. The first kappa shape index (κ1) is 18.5. The number of aromatic nitrogens is 2. The number of methoxy groups -OCH3 is 1. The van der Waals surface area contributed by atoms with Gasteiger partial charge in [-0.05, 0) is 35.4 Å². The van der Waals surface area contributed by atoms with Crippen molar-refractivity contribution < 1.29 is 9.53 Å². The van der Waals surface area contributed by atoms with Crippen LogP contribution >= 0.6 is 23.2 Å². The van der Waals surface area contributed by atoms with E-state index in [0.717, 1.165) is 11.1 Å². The molecule has 0 saturated heterocycles. The minimum Gasteiger partial charge on any atom is -0.380 e. The largest absolute Gasteiger partial charge is 0.380 e. The molecular formula is C19H17Cl2N3O2. The third kappa shape index (κ3) is 4.43. The predicted molar refractivity (Wildman–Crippen MR) is 103 cm³/mol. The van der Waals surface area contributed by atoms with Gasteiger partial charge in [-0.1, -0.05) is 41.4 Å². The van der Waals surface area contributed by atoms with Crippen molar-refractivity contribution in [2.24, 2.45) is 0 Å². The number of nitrogens with one attached hydrogen (secondary N) is 1. The Labute approximate surface area is 161 Å². The number of nitrogens with zero attached hydrogens (tertiary/aromatic N) is 2. The van der Waals surface area contributed by atoms with Crippen molar-refractivity contribution in [2.75, 3.05) is 12.4 Å². The standard InChI is InChI=1S/C19H17Cl2N3O2/c1-26-12-13-2-4-14(5-3-13)19(25)23-18-8-9-22-24(18)11-15-6-7-16(20)10-17(15)21/h2-10H,11-12H2,1H3,(H,23,25). The molecule has 0 unspecified atom stereocenters. The highest BCUT2D eigenvalue weighted by atomic mass is 35.5. The van der Waals surface area contributed by atoms with Gasteiger partial charge in [0.05, 0.1) is 19.3 Å². The third-order valence-corrected chi connectivity index (χ3v) is 4.41. The molecule has 0 radical (unpaired) electrons. The van der Waals surface area contributed by atoms with E-state index >= 15 is 0 Å². The molecule has 1 aromatic heterocycles. The van der Waals surface area contributed by atoms with Crippen molar-refractivity contribution in [3.8, 4) is 0 Å². The lowest BCUT2D eigenvalue weighted by Gasteiger charge is -2.11. The Bertz CT molecular complexity index is 907. The van der Waals surface area contributed by atoms with E-state index in [4.69, 9.17) is 27.9 Å². The van der Waals surface area contributed by atoms with E-state index < -0.39 is 0 Å². The number of hydrogen-bond acceptors (Lipinski definition) is 3. The summed E-state index contributed by atoms with van der Waals surface area (Å²) in [5, 5.41) is 8.25. The zero-order valence-electron chi connectivity index (χ0n) is 14.1. The number of benzene rings is 2. The first-order valence-electron chi connectivity index (χ1n) is 7.92. The number of ether oxygens (including phenoxy) is 1. The Morgan fingerprint density at radius 2 is 1.92 bits per heavy atom. The molecule has 0 spiro atoms. The Kier molecular flexibility index (Phi) is 5.93. The molecular weight excluding hydrogens is 373 g/mol. The van der Waals surface area contributed by atoms with E-state index in [9.17, 15) is 4.79 Å². The molecule has 0 aliphatic carbocycles. The van der Waals surface area contributed by atoms with Crippen molar-refractivity contribution in [3.05, 3.63) is 81.5 Å². The summed E-state index contributed by atoms with van der Waals surface area (Å²) in [6.07, 6.45) is 1.63. The zero-order valence-corrected chi connectivity index (χ0v) is 15.6. The molecule has 0 fully saturated rings. The van der Waals surface area contributed by atoms with Crippen LogP contribution in [0.5, 0.6) is 0 Å². The predicted octanol–water partition coefficient (Wildman–Crippen LogP) is 4.64. The van der Waals surface area contributed by atoms with Crippen LogP contribution in [0, 0.1) is 0 Å². The van der Waals surface area contributed by atoms with E-state index in [0.29, 0.717) is 34.6 Å². The van der Waals surface area contributed by atoms with E-state index in [2.05, 4.69) is 10.4 Å². The van der Waals surface area contributed by atoms with Crippen LogP contribution in [0.2, 0.25) is 10.0 Å². The van der Waals surface area contributed by atoms with Gasteiger partial charge in [0, 0.05) is 28.8 Å². The monoisotopic (exact) mass is 389 g/mol. The zero-order chi connectivity index (χ0) is 18.5. The number of carbonyl (C=O) groups excluding carboxylic acids is 1. The summed E-state index contributed by atoms with van der Waals surface area (Å²) in [6.45, 7) is 0.932. The highest BCUT2D eigenvalue weighted by Crippen LogP contribution is 2.23. The van der Waals surface area contributed by atoms with Gasteiger partial charge < -0.3 is 10.1 Å². The maximum atomic E-state index is 12.5. The molecule has 1 amide bonds. The molecule has 7 heteroatoms. The lowest BCUT2D eigenvalue weighted by Crippen LogP contribution is -2.16. The summed E-state index contributed by atoms with van der Waals surface area (Å²) in [5.74, 6) is 0.375. The van der Waals surface area contributed by atoms with Crippen LogP contribution in [0.4, 0.5) is 5.82 Å². The van der Waals surface area contributed by atoms with E-state index in [1.807, 2.05) is 18.2 Å². The van der Waals surface area contributed by atoms with Crippen LogP contribution in [-0.2, 0) is 17.9 Å². The number of hydrogen-bond donors (Lipinski definition) is 1. The van der Waals surface area contributed by atoms with Crippen molar-refractivity contribution in [2.45, 2.75) is 13.2 Å². The van der Waals surface area contributed by atoms with Crippen molar-refractivity contribution >= 4 is 34.9 Å². The van der Waals surface area contributed by atoms with Crippen LogP contribution in [0.3, 0.4) is 0 Å². The Balaban J connectivity index is 1.73. The molecule has 26 heavy (non-hydrogen) atoms. The minimum atomic E-state index is -0.210. The van der Waals surface area contributed by atoms with E-state index in [1.165, 1.54) is 0 Å². The number of halogens is 2. The molecule has 3 aromatic rings. The van der Waals surface area contributed by atoms with Crippen molar-refractivity contribution in [3.63, 3.8) is 0 Å². The van der Waals surface area contributed by atoms with E-state index in [-0.39, 0.29) is 5.91 Å². The fourth-order valence-electron chi connectivity index (χ4n) is 2.48. The lowest BCUT2D eigenvalue weighted by molar-refractivity contribution is 0.102. The van der Waals surface area contributed by atoms with Crippen LogP contribution in [0.1, 0.15) is 21.5 Å². The molecule has 0 atom stereocenters. The molecule has 2 aromatic carbocycles. The van der Waals surface area contributed by atoms with Gasteiger partial charge in [-0.3, -0.25) is 4.79 Å². The van der Waals surface area contributed by atoms with Crippen LogP contribution < -0.4 is 5.32 Å². The summed E-state index contributed by atoms with van der Waals surface area (Å²) >= 11 is 12.1. The molecule has 3 rings (SSSR count). The number of rotatable bonds is 6. The SMILES string of the molecule is COCc1ccc(C(=O)Nc2ccnn2Cc2ccc(Cl)cc2Cl)cc1. The Morgan fingerprint density at radius 3 is 2.62 bits per heavy atom. The van der Waals surface area contributed by atoms with Crippen LogP contribution in [-0.4, -0.2) is 22.8 Å². The molecule has 134 valence electrons. The summed E-state index contributed by atoms with van der Waals surface area (Å²) < 4.78 is 6.74. The molecule has 1 N–H and O–H groups in total. The van der Waals surface area contributed by atoms with Gasteiger partial charge in [-0.25, -0.2) is 4.68 Å². The Morgan fingerprint density at radius 1 is 1.15 bits per heavy atom. The third-order valence-electron chi connectivity index (χ3n) is 3.82. The number of amides is 1. The molecule has 5 nitrogen and oxygen atoms in total. The fraction of sp³-hybridized carbons (Fsp3) is 0.158. The first-order chi connectivity index (χ1) is 12.6. The fourth-order valence-corrected chi connectivity index (χ4v) is 2.95. The number of anilines is 1. The van der Waals surface area contributed by atoms with Gasteiger partial charge in [0.25, 0.3) is 5.91 Å². The topological polar surface area (TPSA) is 56.1 Å². The second kappa shape index (κ2) is 8.36. The summed E-state index contributed by atoms with van der Waals surface area (Å²) in [5.41, 5.74) is 2.42. The molecule has 0 aliphatic rings. The van der Waals surface area contributed by atoms with Crippen LogP contribution in [0.15, 0.2) is 54.7 Å². The average Bonchev–Trinajstić information content (AvgIpc) is 3.05. The van der Waals surface area contributed by atoms with Gasteiger partial charge in [-0.15, -0.1) is 0 Å². The molecule has 0 bridgehead atoms. The highest BCUT2D eigenvalue weighted by Gasteiger charge is 2.11. The lowest BCUT2D eigenvalue weighted by atomic mass is 10.1. The second-order valence-corrected chi connectivity index (χ2v) is 6.54. The molecule has 0 aliphatic heterocycles. The second-order valence-electron chi connectivity index (χ2n) is 5.69. The summed E-state index contributed by atoms with van der Waals surface area (Å²) in [4.78, 5) is 12.5. The summed E-state index contributed by atoms with van der Waals surface area (Å²) in [6, 6.07) is 14.3. The van der Waals surface area contributed by atoms with Gasteiger partial charge in [-0.2, -0.15) is 5.10 Å². The maximum Gasteiger partial charge on any atom is 0.256 e. The summed E-state index contributed by atoms with van der Waals surface area (Å²) in [7, 11) is 1.63. The number of carbonyl (C=O) groups is 1. The molecule has 1 heterocycles. The average molecular weight is 390 g/mol. The van der Waals surface area contributed by atoms with Gasteiger partial charge in [0.1, 0.15) is 5.82 Å².